The molecule has 2 N–H and O–H groups in total. The molecule has 3 nitrogen and oxygen atoms in total. The fourth-order valence-corrected chi connectivity index (χ4v) is 2.95. The van der Waals surface area contributed by atoms with E-state index in [-0.39, 0.29) is 18.0 Å². The molecule has 0 aliphatic carbocycles. The Labute approximate surface area is 127 Å². The predicted molar refractivity (Wildman–Crippen MR) is 85.2 cm³/mol. The van der Waals surface area contributed by atoms with Gasteiger partial charge in [0.2, 0.25) is 0 Å². The maximum absolute atomic E-state index is 14.2. The number of piperidine rings is 1. The third kappa shape index (κ3) is 4.42. The van der Waals surface area contributed by atoms with E-state index in [9.17, 15) is 4.39 Å². The van der Waals surface area contributed by atoms with Crippen molar-refractivity contribution >= 4 is 5.69 Å². The van der Waals surface area contributed by atoms with Crippen LogP contribution < -0.4 is 10.6 Å². The van der Waals surface area contributed by atoms with Crippen molar-refractivity contribution in [2.75, 3.05) is 24.6 Å². The molecular weight excluding hydrogens is 267 g/mol. The van der Waals surface area contributed by atoms with Crippen LogP contribution in [0.2, 0.25) is 0 Å². The average molecular weight is 294 g/mol. The number of hydrogen-bond donors (Lipinski definition) is 1. The normalized spacial score (nSPS) is 20.6. The summed E-state index contributed by atoms with van der Waals surface area (Å²) in [5.74, 6) is -0.151. The lowest BCUT2D eigenvalue weighted by Crippen LogP contribution is -2.40. The van der Waals surface area contributed by atoms with Gasteiger partial charge in [0.1, 0.15) is 5.82 Å². The highest BCUT2D eigenvalue weighted by Crippen LogP contribution is 2.28. The third-order valence-corrected chi connectivity index (χ3v) is 3.90. The van der Waals surface area contributed by atoms with Crippen molar-refractivity contribution in [1.29, 1.82) is 0 Å². The lowest BCUT2D eigenvalue weighted by Gasteiger charge is -2.35. The molecule has 1 heterocycles. The van der Waals surface area contributed by atoms with E-state index in [2.05, 4.69) is 11.8 Å². The van der Waals surface area contributed by atoms with Gasteiger partial charge < -0.3 is 15.4 Å². The molecule has 1 saturated heterocycles. The standard InChI is InChI=1S/C17H27FN2O/c1-3-10-21-14-6-5-9-20(12-14)17-8-4-7-16(18)15(17)11-13(2)19/h4,7-8,13-14H,3,5-6,9-12,19H2,1-2H3. The van der Waals surface area contributed by atoms with Crippen molar-refractivity contribution in [3.63, 3.8) is 0 Å². The Kier molecular flexibility index (Phi) is 6.00. The Hall–Kier alpha value is -1.13. The van der Waals surface area contributed by atoms with Crippen LogP contribution in [-0.2, 0) is 11.2 Å². The van der Waals surface area contributed by atoms with Crippen molar-refractivity contribution in [2.24, 2.45) is 5.73 Å². The summed E-state index contributed by atoms with van der Waals surface area (Å²) in [6, 6.07) is 5.27. The Bertz CT molecular complexity index is 450. The minimum Gasteiger partial charge on any atom is -0.376 e. The first kappa shape index (κ1) is 16.2. The highest BCUT2D eigenvalue weighted by atomic mass is 19.1. The van der Waals surface area contributed by atoms with E-state index in [1.165, 1.54) is 6.07 Å². The lowest BCUT2D eigenvalue weighted by atomic mass is 10.0. The highest BCUT2D eigenvalue weighted by molar-refractivity contribution is 5.55. The zero-order valence-corrected chi connectivity index (χ0v) is 13.1. The Balaban J connectivity index is 2.14. The van der Waals surface area contributed by atoms with Crippen LogP contribution in [0.4, 0.5) is 10.1 Å². The van der Waals surface area contributed by atoms with Crippen LogP contribution in [0, 0.1) is 5.82 Å². The molecule has 0 amide bonds. The molecule has 1 aliphatic rings. The van der Waals surface area contributed by atoms with E-state index in [4.69, 9.17) is 10.5 Å². The van der Waals surface area contributed by atoms with Crippen LogP contribution in [0.15, 0.2) is 18.2 Å². The van der Waals surface area contributed by atoms with Gasteiger partial charge in [0, 0.05) is 37.0 Å². The lowest BCUT2D eigenvalue weighted by molar-refractivity contribution is 0.0440. The first-order chi connectivity index (χ1) is 10.1. The van der Waals surface area contributed by atoms with Crippen molar-refractivity contribution in [3.8, 4) is 0 Å². The summed E-state index contributed by atoms with van der Waals surface area (Å²) in [4.78, 5) is 2.25. The van der Waals surface area contributed by atoms with Gasteiger partial charge in [-0.15, -0.1) is 0 Å². The third-order valence-electron chi connectivity index (χ3n) is 3.90. The second kappa shape index (κ2) is 7.76. The zero-order chi connectivity index (χ0) is 15.2. The number of hydrogen-bond acceptors (Lipinski definition) is 3. The minimum atomic E-state index is -0.151. The van der Waals surface area contributed by atoms with E-state index in [1.807, 2.05) is 13.0 Å². The van der Waals surface area contributed by atoms with Gasteiger partial charge in [-0.1, -0.05) is 13.0 Å². The molecule has 0 spiro atoms. The maximum Gasteiger partial charge on any atom is 0.128 e. The van der Waals surface area contributed by atoms with Crippen molar-refractivity contribution in [2.45, 2.75) is 51.7 Å². The molecule has 0 radical (unpaired) electrons. The van der Waals surface area contributed by atoms with E-state index < -0.39 is 0 Å². The van der Waals surface area contributed by atoms with E-state index >= 15 is 0 Å². The maximum atomic E-state index is 14.2. The smallest absolute Gasteiger partial charge is 0.128 e. The summed E-state index contributed by atoms with van der Waals surface area (Å²) < 4.78 is 20.0. The van der Waals surface area contributed by atoms with Gasteiger partial charge in [0.15, 0.2) is 0 Å². The van der Waals surface area contributed by atoms with Gasteiger partial charge in [-0.2, -0.15) is 0 Å². The monoisotopic (exact) mass is 294 g/mol. The van der Waals surface area contributed by atoms with Crippen LogP contribution in [0.25, 0.3) is 0 Å². The molecule has 0 saturated carbocycles. The number of nitrogens with two attached hydrogens (primary N) is 1. The number of benzene rings is 1. The predicted octanol–water partition coefficient (Wildman–Crippen LogP) is 3.11. The fraction of sp³-hybridized carbons (Fsp3) is 0.647. The second-order valence-electron chi connectivity index (χ2n) is 6.00. The van der Waals surface area contributed by atoms with Gasteiger partial charge in [-0.25, -0.2) is 4.39 Å². The SMILES string of the molecule is CCCOC1CCCN(c2cccc(F)c2CC(C)N)C1. The number of rotatable bonds is 6. The molecule has 21 heavy (non-hydrogen) atoms. The number of ether oxygens (including phenoxy) is 1. The van der Waals surface area contributed by atoms with Crippen molar-refractivity contribution in [1.82, 2.24) is 0 Å². The Morgan fingerprint density at radius 3 is 3.00 bits per heavy atom. The van der Waals surface area contributed by atoms with Crippen molar-refractivity contribution < 1.29 is 9.13 Å². The van der Waals surface area contributed by atoms with Crippen LogP contribution in [-0.4, -0.2) is 31.8 Å². The largest absolute Gasteiger partial charge is 0.376 e. The van der Waals surface area contributed by atoms with Crippen LogP contribution in [0.3, 0.4) is 0 Å². The van der Waals surface area contributed by atoms with Crippen LogP contribution in [0.1, 0.15) is 38.7 Å². The molecular formula is C17H27FN2O. The molecule has 2 rings (SSSR count). The molecule has 0 aromatic heterocycles. The molecule has 118 valence electrons. The molecule has 1 fully saturated rings. The van der Waals surface area contributed by atoms with Gasteiger partial charge in [0.05, 0.1) is 6.10 Å². The topological polar surface area (TPSA) is 38.5 Å². The van der Waals surface area contributed by atoms with Crippen LogP contribution in [0.5, 0.6) is 0 Å². The molecule has 0 bridgehead atoms. The van der Waals surface area contributed by atoms with E-state index in [0.717, 1.165) is 50.2 Å². The fourth-order valence-electron chi connectivity index (χ4n) is 2.95. The van der Waals surface area contributed by atoms with Gasteiger partial charge in [-0.05, 0) is 44.7 Å². The number of anilines is 1. The molecule has 1 aliphatic heterocycles. The average Bonchev–Trinajstić information content (AvgIpc) is 2.47. The quantitative estimate of drug-likeness (QED) is 0.876. The molecule has 2 atom stereocenters. The first-order valence-electron chi connectivity index (χ1n) is 8.01. The van der Waals surface area contributed by atoms with Crippen molar-refractivity contribution in [3.05, 3.63) is 29.6 Å². The van der Waals surface area contributed by atoms with E-state index in [1.54, 1.807) is 6.07 Å². The minimum absolute atomic E-state index is 0.0439. The summed E-state index contributed by atoms with van der Waals surface area (Å²) in [5, 5.41) is 0. The first-order valence-corrected chi connectivity index (χ1v) is 8.01. The zero-order valence-electron chi connectivity index (χ0n) is 13.1. The number of nitrogens with zero attached hydrogens (tertiary/aromatic N) is 1. The summed E-state index contributed by atoms with van der Waals surface area (Å²) in [6.07, 6.45) is 4.03. The summed E-state index contributed by atoms with van der Waals surface area (Å²) in [6.45, 7) is 6.64. The Morgan fingerprint density at radius 1 is 1.48 bits per heavy atom. The molecule has 1 aromatic rings. The van der Waals surface area contributed by atoms with Gasteiger partial charge >= 0.3 is 0 Å². The summed E-state index contributed by atoms with van der Waals surface area (Å²) in [5.41, 5.74) is 7.60. The summed E-state index contributed by atoms with van der Waals surface area (Å²) in [7, 11) is 0. The molecule has 1 aromatic carbocycles. The van der Waals surface area contributed by atoms with Gasteiger partial charge in [0.25, 0.3) is 0 Å². The molecule has 2 unspecified atom stereocenters. The second-order valence-corrected chi connectivity index (χ2v) is 6.00. The highest BCUT2D eigenvalue weighted by Gasteiger charge is 2.23. The number of halogens is 1. The summed E-state index contributed by atoms with van der Waals surface area (Å²) >= 11 is 0. The van der Waals surface area contributed by atoms with Gasteiger partial charge in [-0.3, -0.25) is 0 Å². The molecule has 4 heteroatoms. The Morgan fingerprint density at radius 2 is 2.29 bits per heavy atom. The van der Waals surface area contributed by atoms with E-state index in [0.29, 0.717) is 6.42 Å². The van der Waals surface area contributed by atoms with Crippen LogP contribution >= 0.6 is 0 Å².